The maximum absolute atomic E-state index is 13.2. The lowest BCUT2D eigenvalue weighted by Crippen LogP contribution is -2.42. The third-order valence-corrected chi connectivity index (χ3v) is 8.10. The van der Waals surface area contributed by atoms with Gasteiger partial charge in [-0.1, -0.05) is 86.5 Å². The molecule has 0 radical (unpaired) electrons. The Kier molecular flexibility index (Phi) is 8.65. The molecule has 10 heteroatoms. The molecule has 194 valence electrons. The molecule has 0 heterocycles. The number of carboxylic acids is 1. The second kappa shape index (κ2) is 11.9. The first-order valence-electron chi connectivity index (χ1n) is 11.4. The fourth-order valence-electron chi connectivity index (χ4n) is 3.75. The fraction of sp³-hybridized carbons (Fsp3) is 0.0714. The van der Waals surface area contributed by atoms with Gasteiger partial charge in [0.2, 0.25) is 0 Å². The first kappa shape index (κ1) is 27.6. The number of amides is 1. The highest BCUT2D eigenvalue weighted by Crippen LogP contribution is 2.25. The minimum Gasteiger partial charge on any atom is -0.480 e. The molecule has 0 bridgehead atoms. The minimum atomic E-state index is -4.00. The van der Waals surface area contributed by atoms with Crippen LogP contribution in [0.3, 0.4) is 0 Å². The molecule has 38 heavy (non-hydrogen) atoms. The summed E-state index contributed by atoms with van der Waals surface area (Å²) in [6.45, 7) is 0. The normalized spacial score (nSPS) is 11.9. The van der Waals surface area contributed by atoms with Gasteiger partial charge in [0, 0.05) is 15.4 Å². The lowest BCUT2D eigenvalue weighted by atomic mass is 10.0. The zero-order chi connectivity index (χ0) is 27.3. The largest absolute Gasteiger partial charge is 0.480 e. The number of carboxylic acid groups (broad SMARTS) is 1. The molecular formula is C28H22Br2N2O5S. The van der Waals surface area contributed by atoms with E-state index >= 15 is 0 Å². The number of nitrogens with one attached hydrogen (secondary N) is 2. The van der Waals surface area contributed by atoms with E-state index in [1.54, 1.807) is 18.2 Å². The van der Waals surface area contributed by atoms with E-state index in [1.807, 2.05) is 54.6 Å². The van der Waals surface area contributed by atoms with Gasteiger partial charge in [-0.2, -0.15) is 0 Å². The van der Waals surface area contributed by atoms with Crippen LogP contribution in [0.2, 0.25) is 0 Å². The number of hydrogen-bond donors (Lipinski definition) is 3. The standard InChI is InChI=1S/C28H22Br2N2O5S/c29-21-10-13-23(14-11-21)38(36,37)32-25-15-12-22(30)17-24(25)27(33)31-26(28(34)35)16-18-6-8-20(9-7-18)19-4-2-1-3-5-19/h1-15,17,26,32H,16H2,(H,31,33)(H,34,35). The van der Waals surface area contributed by atoms with E-state index in [9.17, 15) is 23.1 Å². The Morgan fingerprint density at radius 1 is 0.789 bits per heavy atom. The lowest BCUT2D eigenvalue weighted by Gasteiger charge is -2.17. The Morgan fingerprint density at radius 3 is 2.03 bits per heavy atom. The van der Waals surface area contributed by atoms with Crippen LogP contribution in [0, 0.1) is 0 Å². The van der Waals surface area contributed by atoms with Gasteiger partial charge < -0.3 is 10.4 Å². The van der Waals surface area contributed by atoms with Crippen LogP contribution < -0.4 is 10.0 Å². The number of benzene rings is 4. The maximum atomic E-state index is 13.2. The monoisotopic (exact) mass is 656 g/mol. The van der Waals surface area contributed by atoms with Gasteiger partial charge in [-0.3, -0.25) is 9.52 Å². The van der Waals surface area contributed by atoms with Crippen LogP contribution in [0.1, 0.15) is 15.9 Å². The highest BCUT2D eigenvalue weighted by Gasteiger charge is 2.24. The quantitative estimate of drug-likeness (QED) is 0.201. The third-order valence-electron chi connectivity index (χ3n) is 5.70. The molecule has 1 atom stereocenters. The fourth-order valence-corrected chi connectivity index (χ4v) is 5.45. The van der Waals surface area contributed by atoms with Gasteiger partial charge in [0.1, 0.15) is 6.04 Å². The second-order valence-electron chi connectivity index (χ2n) is 8.38. The number of sulfonamides is 1. The molecule has 4 aromatic rings. The van der Waals surface area contributed by atoms with E-state index < -0.39 is 27.9 Å². The molecule has 0 aromatic heterocycles. The highest BCUT2D eigenvalue weighted by molar-refractivity contribution is 9.10. The van der Waals surface area contributed by atoms with Gasteiger partial charge >= 0.3 is 5.97 Å². The van der Waals surface area contributed by atoms with Crippen molar-refractivity contribution < 1.29 is 23.1 Å². The number of carbonyl (C=O) groups is 2. The number of anilines is 1. The molecule has 0 aliphatic heterocycles. The SMILES string of the molecule is O=C(NC(Cc1ccc(-c2ccccc2)cc1)C(=O)O)c1cc(Br)ccc1NS(=O)(=O)c1ccc(Br)cc1. The third kappa shape index (κ3) is 6.89. The molecule has 4 rings (SSSR count). The van der Waals surface area contributed by atoms with E-state index in [0.717, 1.165) is 21.2 Å². The summed E-state index contributed by atoms with van der Waals surface area (Å²) in [6.07, 6.45) is 0.0457. The van der Waals surface area contributed by atoms with Crippen molar-refractivity contribution in [2.75, 3.05) is 4.72 Å². The number of hydrogen-bond acceptors (Lipinski definition) is 4. The van der Waals surface area contributed by atoms with Gasteiger partial charge in [0.05, 0.1) is 16.1 Å². The molecular weight excluding hydrogens is 636 g/mol. The summed E-state index contributed by atoms with van der Waals surface area (Å²) in [5, 5.41) is 12.3. The molecule has 0 spiro atoms. The summed E-state index contributed by atoms with van der Waals surface area (Å²) < 4.78 is 29.5. The number of rotatable bonds is 9. The molecule has 0 fully saturated rings. The van der Waals surface area contributed by atoms with Crippen LogP contribution in [0.25, 0.3) is 11.1 Å². The van der Waals surface area contributed by atoms with Gasteiger partial charge in [-0.15, -0.1) is 0 Å². The average Bonchev–Trinajstić information content (AvgIpc) is 2.90. The lowest BCUT2D eigenvalue weighted by molar-refractivity contribution is -0.139. The van der Waals surface area contributed by atoms with Gasteiger partial charge in [-0.05, 0) is 59.2 Å². The van der Waals surface area contributed by atoms with Crippen molar-refractivity contribution in [1.82, 2.24) is 5.32 Å². The Hall–Kier alpha value is -3.47. The van der Waals surface area contributed by atoms with Crippen molar-refractivity contribution >= 4 is 59.4 Å². The van der Waals surface area contributed by atoms with E-state index in [1.165, 1.54) is 24.3 Å². The van der Waals surface area contributed by atoms with E-state index in [0.29, 0.717) is 4.47 Å². The van der Waals surface area contributed by atoms with Crippen LogP contribution >= 0.6 is 31.9 Å². The van der Waals surface area contributed by atoms with Crippen molar-refractivity contribution in [2.45, 2.75) is 17.4 Å². The summed E-state index contributed by atoms with van der Waals surface area (Å²) in [7, 11) is -4.00. The maximum Gasteiger partial charge on any atom is 0.326 e. The molecule has 0 saturated carbocycles. The van der Waals surface area contributed by atoms with Crippen molar-refractivity contribution in [3.8, 4) is 11.1 Å². The van der Waals surface area contributed by atoms with Crippen molar-refractivity contribution in [3.63, 3.8) is 0 Å². The van der Waals surface area contributed by atoms with E-state index in [4.69, 9.17) is 0 Å². The van der Waals surface area contributed by atoms with Crippen molar-refractivity contribution in [3.05, 3.63) is 117 Å². The zero-order valence-corrected chi connectivity index (χ0v) is 23.8. The van der Waals surface area contributed by atoms with Crippen LogP contribution in [0.5, 0.6) is 0 Å². The molecule has 0 aliphatic carbocycles. The molecule has 4 aromatic carbocycles. The predicted octanol–water partition coefficient (Wildman–Crippen LogP) is 6.11. The summed E-state index contributed by atoms with van der Waals surface area (Å²) in [4.78, 5) is 25.2. The molecule has 1 unspecified atom stereocenters. The summed E-state index contributed by atoms with van der Waals surface area (Å²) >= 11 is 6.56. The predicted molar refractivity (Wildman–Crippen MR) is 154 cm³/mol. The Labute approximate surface area is 237 Å². The summed E-state index contributed by atoms with van der Waals surface area (Å²) in [5.74, 6) is -1.94. The Morgan fingerprint density at radius 2 is 1.39 bits per heavy atom. The van der Waals surface area contributed by atoms with Crippen LogP contribution in [-0.2, 0) is 21.2 Å². The second-order valence-corrected chi connectivity index (χ2v) is 11.9. The summed E-state index contributed by atoms with van der Waals surface area (Å²) in [6, 6.07) is 26.5. The molecule has 7 nitrogen and oxygen atoms in total. The van der Waals surface area contributed by atoms with Crippen LogP contribution in [-0.4, -0.2) is 31.4 Å². The Bertz CT molecular complexity index is 1560. The average molecular weight is 658 g/mol. The first-order chi connectivity index (χ1) is 18.1. The first-order valence-corrected chi connectivity index (χ1v) is 14.5. The molecule has 0 aliphatic rings. The van der Waals surface area contributed by atoms with Crippen LogP contribution in [0.4, 0.5) is 5.69 Å². The van der Waals surface area contributed by atoms with Gasteiger partial charge in [0.25, 0.3) is 15.9 Å². The van der Waals surface area contributed by atoms with Crippen molar-refractivity contribution in [2.24, 2.45) is 0 Å². The topological polar surface area (TPSA) is 113 Å². The number of carbonyl (C=O) groups excluding carboxylic acids is 1. The Balaban J connectivity index is 1.53. The smallest absolute Gasteiger partial charge is 0.326 e. The van der Waals surface area contributed by atoms with E-state index in [2.05, 4.69) is 41.9 Å². The number of aliphatic carboxylic acids is 1. The highest BCUT2D eigenvalue weighted by atomic mass is 79.9. The van der Waals surface area contributed by atoms with E-state index in [-0.39, 0.29) is 22.6 Å². The van der Waals surface area contributed by atoms with Crippen LogP contribution in [0.15, 0.2) is 111 Å². The zero-order valence-electron chi connectivity index (χ0n) is 19.8. The molecule has 0 saturated heterocycles. The molecule has 3 N–H and O–H groups in total. The van der Waals surface area contributed by atoms with Crippen molar-refractivity contribution in [1.29, 1.82) is 0 Å². The van der Waals surface area contributed by atoms with Gasteiger partial charge in [-0.25, -0.2) is 13.2 Å². The van der Waals surface area contributed by atoms with Gasteiger partial charge in [0.15, 0.2) is 0 Å². The summed E-state index contributed by atoms with van der Waals surface area (Å²) in [5.41, 5.74) is 2.75. The molecule has 1 amide bonds. The minimum absolute atomic E-state index is 0.0114. The number of halogens is 2.